The first-order chi connectivity index (χ1) is 8.40. The molecular weight excluding hydrogens is 264 g/mol. The second kappa shape index (κ2) is 5.97. The Morgan fingerprint density at radius 3 is 2.56 bits per heavy atom. The third-order valence-corrected chi connectivity index (χ3v) is 2.17. The lowest BCUT2D eigenvalue weighted by Crippen LogP contribution is -2.42. The second-order valence-electron chi connectivity index (χ2n) is 3.32. The Balaban J connectivity index is 2.78. The highest BCUT2D eigenvalue weighted by atomic mass is 35.5. The minimum absolute atomic E-state index is 0.0841. The van der Waals surface area contributed by atoms with Gasteiger partial charge in [-0.3, -0.25) is 14.6 Å². The first kappa shape index (κ1) is 13.9. The number of nitrogens with one attached hydrogen (secondary N) is 1. The van der Waals surface area contributed by atoms with Crippen molar-refractivity contribution in [1.82, 2.24) is 10.3 Å². The van der Waals surface area contributed by atoms with Crippen molar-refractivity contribution in [3.05, 3.63) is 29.0 Å². The molecule has 0 aromatic carbocycles. The molecule has 18 heavy (non-hydrogen) atoms. The number of carbonyl (C=O) groups excluding carboxylic acids is 1. The Kier molecular flexibility index (Phi) is 4.61. The molecule has 0 aliphatic rings. The lowest BCUT2D eigenvalue weighted by Gasteiger charge is -2.11. The van der Waals surface area contributed by atoms with Crippen LogP contribution in [0.3, 0.4) is 0 Å². The zero-order chi connectivity index (χ0) is 13.7. The summed E-state index contributed by atoms with van der Waals surface area (Å²) in [4.78, 5) is 36.5. The third-order valence-electron chi connectivity index (χ3n) is 1.94. The first-order valence-corrected chi connectivity index (χ1v) is 5.15. The topological polar surface area (TPSA) is 117 Å². The minimum atomic E-state index is -1.52. The van der Waals surface area contributed by atoms with Crippen LogP contribution < -0.4 is 5.32 Å². The molecule has 0 aliphatic heterocycles. The quantitative estimate of drug-likeness (QED) is 0.714. The molecule has 3 N–H and O–H groups in total. The largest absolute Gasteiger partial charge is 0.481 e. The van der Waals surface area contributed by atoms with Gasteiger partial charge in [-0.15, -0.1) is 0 Å². The molecule has 96 valence electrons. The number of carboxylic acid groups (broad SMARTS) is 2. The summed E-state index contributed by atoms with van der Waals surface area (Å²) in [6.45, 7) is 0. The maximum Gasteiger partial charge on any atom is 0.326 e. The van der Waals surface area contributed by atoms with Gasteiger partial charge in [0.2, 0.25) is 0 Å². The van der Waals surface area contributed by atoms with Gasteiger partial charge in [0.1, 0.15) is 11.7 Å². The average molecular weight is 273 g/mol. The highest BCUT2D eigenvalue weighted by Gasteiger charge is 2.24. The van der Waals surface area contributed by atoms with E-state index in [1.54, 1.807) is 0 Å². The number of pyridine rings is 1. The Bertz CT molecular complexity index is 491. The lowest BCUT2D eigenvalue weighted by atomic mass is 10.2. The molecule has 0 spiro atoms. The molecular formula is C10H9ClN2O5. The molecule has 1 atom stereocenters. The van der Waals surface area contributed by atoms with Gasteiger partial charge in [0.25, 0.3) is 5.91 Å². The molecule has 1 rings (SSSR count). The minimum Gasteiger partial charge on any atom is -0.481 e. The van der Waals surface area contributed by atoms with Gasteiger partial charge < -0.3 is 15.5 Å². The summed E-state index contributed by atoms with van der Waals surface area (Å²) in [6.07, 6.45) is 0.561. The first-order valence-electron chi connectivity index (χ1n) is 4.77. The molecule has 0 saturated carbocycles. The zero-order valence-corrected chi connectivity index (χ0v) is 9.72. The Morgan fingerprint density at radius 2 is 2.06 bits per heavy atom. The van der Waals surface area contributed by atoms with Gasteiger partial charge in [-0.2, -0.15) is 0 Å². The standard InChI is InChI=1S/C10H9ClN2O5/c11-5-1-2-12-6(3-5)9(16)13-7(10(17)18)4-8(14)15/h1-3,7H,4H2,(H,13,16)(H,14,15)(H,17,18)/t7-/m0/s1. The number of halogens is 1. The van der Waals surface area contributed by atoms with Crippen molar-refractivity contribution in [1.29, 1.82) is 0 Å². The Morgan fingerprint density at radius 1 is 1.39 bits per heavy atom. The van der Waals surface area contributed by atoms with Crippen LogP contribution in [0, 0.1) is 0 Å². The van der Waals surface area contributed by atoms with Crippen LogP contribution in [0.25, 0.3) is 0 Å². The van der Waals surface area contributed by atoms with E-state index in [9.17, 15) is 14.4 Å². The number of carboxylic acids is 2. The molecule has 0 unspecified atom stereocenters. The van der Waals surface area contributed by atoms with Crippen LogP contribution in [-0.4, -0.2) is 39.1 Å². The van der Waals surface area contributed by atoms with Crippen LogP contribution in [0.5, 0.6) is 0 Å². The van der Waals surface area contributed by atoms with Crippen LogP contribution in [0.1, 0.15) is 16.9 Å². The van der Waals surface area contributed by atoms with E-state index in [1.165, 1.54) is 18.3 Å². The van der Waals surface area contributed by atoms with Crippen LogP contribution in [0.4, 0.5) is 0 Å². The number of nitrogens with zero attached hydrogens (tertiary/aromatic N) is 1. The molecule has 0 fully saturated rings. The predicted octanol–water partition coefficient (Wildman–Crippen LogP) is 0.393. The van der Waals surface area contributed by atoms with Crippen LogP contribution in [0.2, 0.25) is 5.02 Å². The third kappa shape index (κ3) is 4.02. The van der Waals surface area contributed by atoms with E-state index < -0.39 is 30.3 Å². The molecule has 8 heteroatoms. The van der Waals surface area contributed by atoms with Gasteiger partial charge >= 0.3 is 11.9 Å². The second-order valence-corrected chi connectivity index (χ2v) is 3.76. The number of rotatable bonds is 5. The van der Waals surface area contributed by atoms with E-state index in [2.05, 4.69) is 10.3 Å². The number of hydrogen-bond acceptors (Lipinski definition) is 4. The van der Waals surface area contributed by atoms with Gasteiger partial charge in [0.15, 0.2) is 0 Å². The van der Waals surface area contributed by atoms with Crippen LogP contribution in [-0.2, 0) is 9.59 Å². The summed E-state index contributed by atoms with van der Waals surface area (Å²) in [6, 6.07) is 1.18. The average Bonchev–Trinajstić information content (AvgIpc) is 2.27. The summed E-state index contributed by atoms with van der Waals surface area (Å²) in [7, 11) is 0. The summed E-state index contributed by atoms with van der Waals surface area (Å²) < 4.78 is 0. The van der Waals surface area contributed by atoms with Crippen LogP contribution >= 0.6 is 11.6 Å². The van der Waals surface area contributed by atoms with Crippen molar-refractivity contribution in [2.75, 3.05) is 0 Å². The molecule has 0 bridgehead atoms. The maximum absolute atomic E-state index is 11.6. The Labute approximate surface area is 106 Å². The highest BCUT2D eigenvalue weighted by molar-refractivity contribution is 6.30. The number of hydrogen-bond donors (Lipinski definition) is 3. The normalized spacial score (nSPS) is 11.6. The Hall–Kier alpha value is -2.15. The van der Waals surface area contributed by atoms with E-state index in [1.807, 2.05) is 0 Å². The smallest absolute Gasteiger partial charge is 0.326 e. The zero-order valence-electron chi connectivity index (χ0n) is 8.96. The molecule has 0 aliphatic carbocycles. The molecule has 7 nitrogen and oxygen atoms in total. The van der Waals surface area contributed by atoms with Gasteiger partial charge in [0, 0.05) is 11.2 Å². The van der Waals surface area contributed by atoms with Crippen molar-refractivity contribution in [2.24, 2.45) is 0 Å². The number of aliphatic carboxylic acids is 2. The molecule has 1 heterocycles. The highest BCUT2D eigenvalue weighted by Crippen LogP contribution is 2.08. The maximum atomic E-state index is 11.6. The summed E-state index contributed by atoms with van der Waals surface area (Å²) in [5, 5.41) is 19.6. The van der Waals surface area contributed by atoms with E-state index in [4.69, 9.17) is 21.8 Å². The molecule has 0 radical (unpaired) electrons. The summed E-state index contributed by atoms with van der Waals surface area (Å²) in [5.41, 5.74) is -0.0841. The van der Waals surface area contributed by atoms with Crippen molar-refractivity contribution < 1.29 is 24.6 Å². The fraction of sp³-hybridized carbons (Fsp3) is 0.200. The fourth-order valence-electron chi connectivity index (χ4n) is 1.14. The number of aromatic nitrogens is 1. The van der Waals surface area contributed by atoms with Crippen molar-refractivity contribution >= 4 is 29.4 Å². The molecule has 1 amide bonds. The van der Waals surface area contributed by atoms with E-state index in [-0.39, 0.29) is 10.7 Å². The molecule has 1 aromatic rings. The van der Waals surface area contributed by atoms with Gasteiger partial charge in [-0.05, 0) is 12.1 Å². The fourth-order valence-corrected chi connectivity index (χ4v) is 1.30. The molecule has 0 saturated heterocycles. The molecule has 1 aromatic heterocycles. The lowest BCUT2D eigenvalue weighted by molar-refractivity contribution is -0.145. The van der Waals surface area contributed by atoms with Gasteiger partial charge in [-0.1, -0.05) is 11.6 Å². The van der Waals surface area contributed by atoms with Crippen molar-refractivity contribution in [3.63, 3.8) is 0 Å². The van der Waals surface area contributed by atoms with Crippen LogP contribution in [0.15, 0.2) is 18.3 Å². The van der Waals surface area contributed by atoms with E-state index in [0.29, 0.717) is 0 Å². The van der Waals surface area contributed by atoms with E-state index >= 15 is 0 Å². The van der Waals surface area contributed by atoms with Crippen molar-refractivity contribution in [3.8, 4) is 0 Å². The predicted molar refractivity (Wildman–Crippen MR) is 60.4 cm³/mol. The number of carbonyl (C=O) groups is 3. The van der Waals surface area contributed by atoms with E-state index in [0.717, 1.165) is 0 Å². The van der Waals surface area contributed by atoms with Gasteiger partial charge in [-0.25, -0.2) is 4.79 Å². The van der Waals surface area contributed by atoms with Crippen molar-refractivity contribution in [2.45, 2.75) is 12.5 Å². The summed E-state index contributed by atoms with van der Waals surface area (Å²) >= 11 is 5.64. The summed E-state index contributed by atoms with van der Waals surface area (Å²) in [5.74, 6) is -3.57. The SMILES string of the molecule is O=C(O)C[C@H](NC(=O)c1cc(Cl)ccn1)C(=O)O. The van der Waals surface area contributed by atoms with Gasteiger partial charge in [0.05, 0.1) is 6.42 Å². The monoisotopic (exact) mass is 272 g/mol. The number of amides is 1.